The molecule has 2 aromatic carbocycles. The van der Waals surface area contributed by atoms with E-state index >= 15 is 0 Å². The molecule has 2 nitrogen and oxygen atoms in total. The second-order valence-corrected chi connectivity index (χ2v) is 7.84. The van der Waals surface area contributed by atoms with E-state index in [4.69, 9.17) is 4.74 Å². The van der Waals surface area contributed by atoms with Crippen molar-refractivity contribution in [3.63, 3.8) is 0 Å². The van der Waals surface area contributed by atoms with Crippen LogP contribution >= 0.6 is 0 Å². The molecule has 3 rings (SSSR count). The first-order valence-electron chi connectivity index (χ1n) is 7.52. The summed E-state index contributed by atoms with van der Waals surface area (Å²) in [6, 6.07) is 11.9. The summed E-state index contributed by atoms with van der Waals surface area (Å²) in [5.74, 6) is 4.32. The molecule has 0 N–H and O–H groups in total. The highest BCUT2D eigenvalue weighted by atomic mass is 32.2. The van der Waals surface area contributed by atoms with Gasteiger partial charge in [0.2, 0.25) is 5.78 Å². The van der Waals surface area contributed by atoms with Gasteiger partial charge in [-0.3, -0.25) is 4.79 Å². The molecule has 1 heterocycles. The van der Waals surface area contributed by atoms with E-state index in [-0.39, 0.29) is 0 Å². The minimum Gasteiger partial charge on any atom is -0.496 e. The van der Waals surface area contributed by atoms with Crippen LogP contribution in [0.15, 0.2) is 36.4 Å². The smallest absolute Gasteiger partial charge is 0.212 e. The zero-order chi connectivity index (χ0) is 14.7. The highest BCUT2D eigenvalue weighted by molar-refractivity contribution is 7.97. The van der Waals surface area contributed by atoms with Gasteiger partial charge in [0.15, 0.2) is 5.75 Å². The van der Waals surface area contributed by atoms with Gasteiger partial charge in [-0.05, 0) is 47.7 Å². The van der Waals surface area contributed by atoms with Gasteiger partial charge in [-0.25, -0.2) is 0 Å². The molecule has 0 aromatic heterocycles. The first kappa shape index (κ1) is 14.5. The van der Waals surface area contributed by atoms with Crippen molar-refractivity contribution in [1.82, 2.24) is 0 Å². The van der Waals surface area contributed by atoms with E-state index in [1.54, 1.807) is 7.11 Å². The fourth-order valence-electron chi connectivity index (χ4n) is 2.99. The maximum absolute atomic E-state index is 12.7. The number of fused-ring (bicyclic) bond motifs is 1. The third kappa shape index (κ3) is 3.08. The summed E-state index contributed by atoms with van der Waals surface area (Å²) in [5, 5.41) is 2.04. The molecule has 0 atom stereocenters. The Morgan fingerprint density at radius 1 is 1.05 bits per heavy atom. The predicted molar refractivity (Wildman–Crippen MR) is 90.6 cm³/mol. The van der Waals surface area contributed by atoms with Gasteiger partial charge in [0.1, 0.15) is 17.3 Å². The maximum atomic E-state index is 12.7. The molecule has 1 aliphatic rings. The van der Waals surface area contributed by atoms with E-state index < -0.39 is 0 Å². The Hall–Kier alpha value is -1.48. The SMILES string of the molecule is COc1ccc(C(=O)C[S+]2CCCCC2)c2ccccc12. The van der Waals surface area contributed by atoms with Crippen molar-refractivity contribution in [3.8, 4) is 5.75 Å². The number of ether oxygens (including phenoxy) is 1. The Labute approximate surface area is 128 Å². The highest BCUT2D eigenvalue weighted by Crippen LogP contribution is 2.29. The lowest BCUT2D eigenvalue weighted by Gasteiger charge is -2.14. The van der Waals surface area contributed by atoms with Crippen LogP contribution in [0.4, 0.5) is 0 Å². The number of rotatable bonds is 4. The first-order valence-corrected chi connectivity index (χ1v) is 9.26. The van der Waals surface area contributed by atoms with Crippen molar-refractivity contribution < 1.29 is 9.53 Å². The standard InChI is InChI=1S/C18H21O2S/c1-20-18-10-9-15(14-7-3-4-8-16(14)18)17(19)13-21-11-5-2-6-12-21/h3-4,7-10H,2,5-6,11-13H2,1H3/q+1. The Kier molecular flexibility index (Phi) is 4.49. The number of ketones is 1. The van der Waals surface area contributed by atoms with E-state index in [0.29, 0.717) is 16.7 Å². The van der Waals surface area contributed by atoms with Gasteiger partial charge in [-0.2, -0.15) is 0 Å². The lowest BCUT2D eigenvalue weighted by Crippen LogP contribution is -2.25. The molecule has 2 aromatic rings. The van der Waals surface area contributed by atoms with Crippen molar-refractivity contribution in [2.45, 2.75) is 19.3 Å². The molecule has 3 heteroatoms. The minimum atomic E-state index is 0.291. The van der Waals surface area contributed by atoms with Crippen LogP contribution in [0.5, 0.6) is 5.75 Å². The Morgan fingerprint density at radius 2 is 1.76 bits per heavy atom. The first-order chi connectivity index (χ1) is 10.3. The van der Waals surface area contributed by atoms with Crippen LogP contribution in [0.2, 0.25) is 0 Å². The van der Waals surface area contributed by atoms with Gasteiger partial charge in [-0.1, -0.05) is 24.3 Å². The van der Waals surface area contributed by atoms with Crippen molar-refractivity contribution >= 4 is 27.5 Å². The summed E-state index contributed by atoms with van der Waals surface area (Å²) < 4.78 is 5.40. The summed E-state index contributed by atoms with van der Waals surface area (Å²) in [6.45, 7) is 0. The molecule has 0 saturated carbocycles. The number of Topliss-reactive ketones (excluding diaryl/α,β-unsaturated/α-hetero) is 1. The summed E-state index contributed by atoms with van der Waals surface area (Å²) >= 11 is 0. The second kappa shape index (κ2) is 6.52. The fourth-order valence-corrected chi connectivity index (χ4v) is 5.24. The topological polar surface area (TPSA) is 26.3 Å². The molecule has 1 saturated heterocycles. The van der Waals surface area contributed by atoms with Gasteiger partial charge in [0, 0.05) is 10.9 Å². The van der Waals surface area contributed by atoms with E-state index in [9.17, 15) is 4.79 Å². The van der Waals surface area contributed by atoms with Crippen LogP contribution < -0.4 is 4.74 Å². The fraction of sp³-hybridized carbons (Fsp3) is 0.389. The summed E-state index contributed by atoms with van der Waals surface area (Å²) in [6.07, 6.45) is 3.92. The quantitative estimate of drug-likeness (QED) is 0.633. The van der Waals surface area contributed by atoms with Gasteiger partial charge in [0.25, 0.3) is 0 Å². The average molecular weight is 301 g/mol. The van der Waals surface area contributed by atoms with Crippen LogP contribution in [-0.2, 0) is 10.9 Å². The summed E-state index contributed by atoms with van der Waals surface area (Å²) in [7, 11) is 1.97. The number of methoxy groups -OCH3 is 1. The third-order valence-corrected chi connectivity index (χ3v) is 6.51. The Balaban J connectivity index is 1.91. The van der Waals surface area contributed by atoms with Gasteiger partial charge >= 0.3 is 0 Å². The van der Waals surface area contributed by atoms with Crippen molar-refractivity contribution in [1.29, 1.82) is 0 Å². The molecule has 21 heavy (non-hydrogen) atoms. The van der Waals surface area contributed by atoms with E-state index in [1.807, 2.05) is 36.4 Å². The number of benzene rings is 2. The zero-order valence-electron chi connectivity index (χ0n) is 12.4. The number of hydrogen-bond donors (Lipinski definition) is 0. The van der Waals surface area contributed by atoms with Gasteiger partial charge in [0.05, 0.1) is 7.11 Å². The van der Waals surface area contributed by atoms with Crippen LogP contribution in [0.25, 0.3) is 10.8 Å². The molecular formula is C18H21O2S+. The van der Waals surface area contributed by atoms with Crippen LogP contribution in [-0.4, -0.2) is 30.2 Å². The molecule has 0 aliphatic carbocycles. The van der Waals surface area contributed by atoms with E-state index in [1.165, 1.54) is 30.8 Å². The number of hydrogen-bond acceptors (Lipinski definition) is 2. The van der Waals surface area contributed by atoms with Crippen LogP contribution in [0, 0.1) is 0 Å². The number of carbonyl (C=O) groups excluding carboxylic acids is 1. The lowest BCUT2D eigenvalue weighted by molar-refractivity contribution is 0.102. The van der Waals surface area contributed by atoms with Gasteiger partial charge in [-0.15, -0.1) is 0 Å². The molecular weight excluding hydrogens is 280 g/mol. The van der Waals surface area contributed by atoms with Crippen molar-refractivity contribution in [2.24, 2.45) is 0 Å². The van der Waals surface area contributed by atoms with E-state index in [2.05, 4.69) is 0 Å². The minimum absolute atomic E-state index is 0.291. The van der Waals surface area contributed by atoms with Crippen molar-refractivity contribution in [3.05, 3.63) is 42.0 Å². The molecule has 0 radical (unpaired) electrons. The van der Waals surface area contributed by atoms with E-state index in [0.717, 1.165) is 27.8 Å². The highest BCUT2D eigenvalue weighted by Gasteiger charge is 2.26. The molecule has 0 amide bonds. The normalized spacial score (nSPS) is 16.0. The second-order valence-electron chi connectivity index (χ2n) is 5.51. The van der Waals surface area contributed by atoms with Crippen LogP contribution in [0.3, 0.4) is 0 Å². The molecule has 0 spiro atoms. The Morgan fingerprint density at radius 3 is 2.48 bits per heavy atom. The van der Waals surface area contributed by atoms with Gasteiger partial charge < -0.3 is 4.74 Å². The molecule has 110 valence electrons. The van der Waals surface area contributed by atoms with Crippen molar-refractivity contribution in [2.75, 3.05) is 24.4 Å². The number of carbonyl (C=O) groups is 1. The maximum Gasteiger partial charge on any atom is 0.212 e. The average Bonchev–Trinajstić information content (AvgIpc) is 2.54. The zero-order valence-corrected chi connectivity index (χ0v) is 13.2. The monoisotopic (exact) mass is 301 g/mol. The van der Waals surface area contributed by atoms with Crippen LogP contribution in [0.1, 0.15) is 29.6 Å². The molecule has 1 aliphatic heterocycles. The lowest BCUT2D eigenvalue weighted by atomic mass is 10.0. The largest absolute Gasteiger partial charge is 0.496 e. The third-order valence-electron chi connectivity index (χ3n) is 4.11. The molecule has 1 fully saturated rings. The Bertz CT molecular complexity index is 645. The molecule has 0 unspecified atom stereocenters. The summed E-state index contributed by atoms with van der Waals surface area (Å²) in [4.78, 5) is 12.7. The summed E-state index contributed by atoms with van der Waals surface area (Å²) in [5.41, 5.74) is 0.851. The molecule has 0 bridgehead atoms. The predicted octanol–water partition coefficient (Wildman–Crippen LogP) is 3.83.